The number of nitrogens with zero attached hydrogens (tertiary/aromatic N) is 2. The number of nitrogens with one attached hydrogen (secondary N) is 1. The van der Waals surface area contributed by atoms with E-state index < -0.39 is 16.7 Å². The third kappa shape index (κ3) is 4.73. The molecule has 6 nitrogen and oxygen atoms in total. The molecule has 0 radical (unpaired) electrons. The average molecular weight is 428 g/mol. The zero-order valence-corrected chi connectivity index (χ0v) is 19.2. The minimum atomic E-state index is -0.470. The van der Waals surface area contributed by atoms with Gasteiger partial charge in [-0.25, -0.2) is 4.79 Å². The molecule has 2 heterocycles. The van der Waals surface area contributed by atoms with Crippen molar-refractivity contribution in [3.05, 3.63) is 46.5 Å². The maximum Gasteiger partial charge on any atom is 0.316 e. The minimum Gasteiger partial charge on any atom is -0.351 e. The molecule has 2 amide bonds. The van der Waals surface area contributed by atoms with Crippen LogP contribution in [-0.2, 0) is 24.7 Å². The number of pyridine rings is 2. The van der Waals surface area contributed by atoms with E-state index in [2.05, 4.69) is 43.9 Å². The highest BCUT2D eigenvalue weighted by Gasteiger charge is 2.36. The van der Waals surface area contributed by atoms with Gasteiger partial charge in [-0.15, -0.1) is 0 Å². The first-order valence-electron chi connectivity index (χ1n) is 10.5. The lowest BCUT2D eigenvalue weighted by Gasteiger charge is -2.20. The van der Waals surface area contributed by atoms with Crippen molar-refractivity contribution in [2.75, 3.05) is 5.32 Å². The molecule has 0 fully saturated rings. The van der Waals surface area contributed by atoms with E-state index in [4.69, 9.17) is 15.9 Å². The Balaban J connectivity index is 0.000000187. The molecule has 4 rings (SSSR count). The molecule has 2 aliphatic carbocycles. The molecule has 2 aliphatic rings. The summed E-state index contributed by atoms with van der Waals surface area (Å²) >= 11 is 0. The van der Waals surface area contributed by atoms with E-state index in [1.807, 2.05) is 18.3 Å². The molecule has 0 spiro atoms. The molecule has 5 N–H and O–H groups in total. The first kappa shape index (κ1) is 22.4. The van der Waals surface area contributed by atoms with Crippen molar-refractivity contribution in [3.63, 3.8) is 0 Å². The van der Waals surface area contributed by atoms with E-state index in [1.54, 1.807) is 0 Å². The van der Waals surface area contributed by atoms with E-state index in [9.17, 15) is 4.79 Å². The van der Waals surface area contributed by atoms with Gasteiger partial charge in [0.15, 0.2) is 0 Å². The second-order valence-electron chi connectivity index (χ2n) is 8.97. The van der Waals surface area contributed by atoms with Gasteiger partial charge >= 0.3 is 6.03 Å². The predicted octanol–water partition coefficient (Wildman–Crippen LogP) is 4.42. The van der Waals surface area contributed by atoms with Crippen LogP contribution in [0.4, 0.5) is 10.5 Å². The monoisotopic (exact) mass is 427 g/mol. The van der Waals surface area contributed by atoms with Crippen LogP contribution in [0, 0.1) is 0 Å². The van der Waals surface area contributed by atoms with Crippen LogP contribution in [0.1, 0.15) is 74.7 Å². The number of aryl methyl sites for hydroxylation is 1. The molecule has 0 bridgehead atoms. The highest BCUT2D eigenvalue weighted by molar-refractivity contribution is 8.12. The number of amides is 2. The Morgan fingerprint density at radius 2 is 1.97 bits per heavy atom. The Bertz CT molecular complexity index is 967. The van der Waals surface area contributed by atoms with Crippen molar-refractivity contribution >= 4 is 28.3 Å². The number of hydrogen-bond acceptors (Lipinski definition) is 4. The molecule has 0 saturated heterocycles. The summed E-state index contributed by atoms with van der Waals surface area (Å²) < 4.78 is 0. The molecule has 162 valence electrons. The van der Waals surface area contributed by atoms with Crippen molar-refractivity contribution in [1.29, 1.82) is 0 Å². The molecule has 0 saturated carbocycles. The number of fused-ring (bicyclic) bond motifs is 2. The van der Waals surface area contributed by atoms with Crippen molar-refractivity contribution in [3.8, 4) is 0 Å². The zero-order chi connectivity index (χ0) is 22.1. The molecule has 0 aromatic carbocycles. The van der Waals surface area contributed by atoms with Gasteiger partial charge in [0, 0.05) is 27.9 Å². The van der Waals surface area contributed by atoms with Crippen LogP contribution in [0.5, 0.6) is 0 Å². The molecular weight excluding hydrogens is 394 g/mol. The lowest BCUT2D eigenvalue weighted by molar-refractivity contribution is 0.259. The zero-order valence-electron chi connectivity index (χ0n) is 18.4. The van der Waals surface area contributed by atoms with Gasteiger partial charge in [-0.3, -0.25) is 15.1 Å². The smallest absolute Gasteiger partial charge is 0.316 e. The molecule has 7 heteroatoms. The van der Waals surface area contributed by atoms with Gasteiger partial charge in [0.05, 0.1) is 11.4 Å². The highest BCUT2D eigenvalue weighted by atomic mass is 32.2. The van der Waals surface area contributed by atoms with Gasteiger partial charge in [0.2, 0.25) is 0 Å². The van der Waals surface area contributed by atoms with Gasteiger partial charge in [0.1, 0.15) is 0 Å². The van der Waals surface area contributed by atoms with Gasteiger partial charge in [-0.05, 0) is 61.3 Å². The van der Waals surface area contributed by atoms with Crippen molar-refractivity contribution in [2.24, 2.45) is 10.9 Å². The van der Waals surface area contributed by atoms with E-state index in [0.29, 0.717) is 5.92 Å². The summed E-state index contributed by atoms with van der Waals surface area (Å²) in [5.74, 6) is 4.22. The van der Waals surface area contributed by atoms with Crippen LogP contribution < -0.4 is 16.2 Å². The van der Waals surface area contributed by atoms with Crippen LogP contribution in [0.15, 0.2) is 23.2 Å². The predicted molar refractivity (Wildman–Crippen MR) is 126 cm³/mol. The van der Waals surface area contributed by atoms with Crippen molar-refractivity contribution < 1.29 is 4.79 Å². The van der Waals surface area contributed by atoms with E-state index in [-0.39, 0.29) is 5.41 Å². The Morgan fingerprint density at radius 1 is 1.23 bits per heavy atom. The summed E-state index contributed by atoms with van der Waals surface area (Å²) in [4.78, 5) is 21.4. The number of carbonyl (C=O) groups excluding carboxylic acids is 1. The molecule has 1 unspecified atom stereocenters. The third-order valence-electron chi connectivity index (χ3n) is 5.87. The first-order valence-corrected chi connectivity index (χ1v) is 11.9. The minimum absolute atomic E-state index is 0.112. The van der Waals surface area contributed by atoms with Crippen LogP contribution in [0.2, 0.25) is 0 Å². The summed E-state index contributed by atoms with van der Waals surface area (Å²) in [6.07, 6.45) is 7.03. The van der Waals surface area contributed by atoms with E-state index in [0.717, 1.165) is 59.8 Å². The second-order valence-corrected chi connectivity index (χ2v) is 10.3. The number of urea groups is 1. The van der Waals surface area contributed by atoms with Crippen molar-refractivity contribution in [2.45, 2.75) is 76.0 Å². The molecule has 2 aromatic rings. The molecule has 0 aliphatic heterocycles. The lowest BCUT2D eigenvalue weighted by atomic mass is 9.90. The quantitative estimate of drug-likeness (QED) is 0.630. The van der Waals surface area contributed by atoms with E-state index in [1.165, 1.54) is 11.1 Å². The van der Waals surface area contributed by atoms with Crippen LogP contribution in [-0.4, -0.2) is 21.9 Å². The Kier molecular flexibility index (Phi) is 6.62. The standard InChI is InChI=1S/C14H19N3O.C9H14N2S/c1-14(2)7-6-9-11(17-13(15)18)8-4-3-5-10(8)16-12(9)14;1-7(2)9-5-4-8(6-11-9)12(3)10/h3-7H2,1-2H3,(H3,15,16,17,18);4-7H,3,10H2,1-2H3. The number of hydrogen-bond donors (Lipinski definition) is 3. The number of primary amides is 1. The number of nitrogens with two attached hydrogens (primary N) is 2. The Hall–Kier alpha value is -2.25. The summed E-state index contributed by atoms with van der Waals surface area (Å²) in [6, 6.07) is 3.54. The Labute approximate surface area is 181 Å². The largest absolute Gasteiger partial charge is 0.351 e. The lowest BCUT2D eigenvalue weighted by Crippen LogP contribution is -2.22. The number of anilines is 1. The van der Waals surface area contributed by atoms with Gasteiger partial charge < -0.3 is 11.1 Å². The maximum atomic E-state index is 11.2. The maximum absolute atomic E-state index is 11.2. The summed E-state index contributed by atoms with van der Waals surface area (Å²) in [7, 11) is -0.413. The summed E-state index contributed by atoms with van der Waals surface area (Å²) in [5, 5.41) is 8.46. The average Bonchev–Trinajstić information content (AvgIpc) is 3.27. The second kappa shape index (κ2) is 8.86. The summed E-state index contributed by atoms with van der Waals surface area (Å²) in [5.41, 5.74) is 12.2. The van der Waals surface area contributed by atoms with Crippen LogP contribution in [0.3, 0.4) is 0 Å². The third-order valence-corrected chi connectivity index (χ3v) is 6.71. The van der Waals surface area contributed by atoms with Crippen LogP contribution >= 0.6 is 10.7 Å². The van der Waals surface area contributed by atoms with Gasteiger partial charge in [-0.1, -0.05) is 44.2 Å². The topological polar surface area (TPSA) is 107 Å². The molecular formula is C23H33N5OS. The van der Waals surface area contributed by atoms with E-state index >= 15 is 0 Å². The summed E-state index contributed by atoms with van der Waals surface area (Å²) in [6.45, 7) is 8.69. The fourth-order valence-corrected chi connectivity index (χ4v) is 4.58. The van der Waals surface area contributed by atoms with Crippen LogP contribution in [0.25, 0.3) is 0 Å². The normalized spacial score (nSPS) is 17.0. The van der Waals surface area contributed by atoms with Gasteiger partial charge in [-0.2, -0.15) is 0 Å². The number of aromatic nitrogens is 2. The fraction of sp³-hybridized carbons (Fsp3) is 0.478. The first-order chi connectivity index (χ1) is 14.1. The molecule has 1 atom stereocenters. The number of rotatable bonds is 3. The Morgan fingerprint density at radius 3 is 2.53 bits per heavy atom. The molecule has 30 heavy (non-hydrogen) atoms. The highest BCUT2D eigenvalue weighted by Crippen LogP contribution is 2.44. The number of carbonyl (C=O) groups is 1. The van der Waals surface area contributed by atoms with Crippen molar-refractivity contribution in [1.82, 2.24) is 9.97 Å². The SMILES string of the molecule is C=S(N)c1ccc(C(C)C)nc1.CC1(C)CCc2c1nc1c(c2NC(N)=O)CCC1. The van der Waals surface area contributed by atoms with Gasteiger partial charge in [0.25, 0.3) is 0 Å². The fourth-order valence-electron chi connectivity index (χ4n) is 4.14. The molecule has 2 aromatic heterocycles.